The summed E-state index contributed by atoms with van der Waals surface area (Å²) in [6.07, 6.45) is -4.10. The van der Waals surface area contributed by atoms with Gasteiger partial charge in [-0.05, 0) is 13.8 Å². The summed E-state index contributed by atoms with van der Waals surface area (Å²) in [5.74, 6) is -0.798. The van der Waals surface area contributed by atoms with Crippen molar-refractivity contribution in [3.05, 3.63) is 0 Å². The van der Waals surface area contributed by atoms with Crippen LogP contribution in [0.5, 0.6) is 0 Å². The SMILES string of the molecule is CC1(C)O[C@@H]2[C@H]([C@@H](O)CO)O[C@H](O)[C@@H]2O1. The van der Waals surface area contributed by atoms with Gasteiger partial charge in [0.2, 0.25) is 0 Å². The van der Waals surface area contributed by atoms with E-state index < -0.39 is 43.1 Å². The summed E-state index contributed by atoms with van der Waals surface area (Å²) in [5.41, 5.74) is 0. The number of hydrogen-bond acceptors (Lipinski definition) is 6. The zero-order chi connectivity index (χ0) is 11.2. The van der Waals surface area contributed by atoms with Crippen molar-refractivity contribution in [3.8, 4) is 0 Å². The number of ether oxygens (including phenoxy) is 3. The third-order valence-electron chi connectivity index (χ3n) is 2.63. The van der Waals surface area contributed by atoms with Crippen LogP contribution in [0.4, 0.5) is 0 Å². The van der Waals surface area contributed by atoms with E-state index in [1.54, 1.807) is 13.8 Å². The molecular weight excluding hydrogens is 204 g/mol. The van der Waals surface area contributed by atoms with Gasteiger partial charge in [0.15, 0.2) is 12.1 Å². The molecule has 0 aromatic rings. The van der Waals surface area contributed by atoms with E-state index in [-0.39, 0.29) is 0 Å². The summed E-state index contributed by atoms with van der Waals surface area (Å²) in [5, 5.41) is 27.8. The molecule has 2 aliphatic rings. The highest BCUT2D eigenvalue weighted by Crippen LogP contribution is 2.38. The predicted octanol–water partition coefficient (Wildman–Crippen LogP) is -1.42. The van der Waals surface area contributed by atoms with Crippen LogP contribution in [0.2, 0.25) is 0 Å². The third kappa shape index (κ3) is 1.89. The van der Waals surface area contributed by atoms with E-state index in [0.717, 1.165) is 0 Å². The van der Waals surface area contributed by atoms with E-state index in [1.807, 2.05) is 0 Å². The van der Waals surface area contributed by atoms with Crippen LogP contribution in [0.3, 0.4) is 0 Å². The normalized spacial score (nSPS) is 45.4. The van der Waals surface area contributed by atoms with Gasteiger partial charge in [0.1, 0.15) is 24.4 Å². The van der Waals surface area contributed by atoms with E-state index in [9.17, 15) is 10.2 Å². The Bertz CT molecular complexity index is 243. The van der Waals surface area contributed by atoms with Crippen LogP contribution in [-0.4, -0.2) is 58.4 Å². The van der Waals surface area contributed by atoms with Crippen LogP contribution < -0.4 is 0 Å². The van der Waals surface area contributed by atoms with E-state index >= 15 is 0 Å². The summed E-state index contributed by atoms with van der Waals surface area (Å²) < 4.78 is 16.0. The Balaban J connectivity index is 2.12. The Morgan fingerprint density at radius 1 is 1.27 bits per heavy atom. The van der Waals surface area contributed by atoms with E-state index in [4.69, 9.17) is 19.3 Å². The molecule has 0 saturated carbocycles. The van der Waals surface area contributed by atoms with Crippen molar-refractivity contribution < 1.29 is 29.5 Å². The van der Waals surface area contributed by atoms with E-state index in [1.165, 1.54) is 0 Å². The minimum atomic E-state index is -1.12. The summed E-state index contributed by atoms with van der Waals surface area (Å²) in [6, 6.07) is 0. The molecule has 6 nitrogen and oxygen atoms in total. The van der Waals surface area contributed by atoms with Crippen LogP contribution in [-0.2, 0) is 14.2 Å². The molecule has 0 aromatic carbocycles. The first-order chi connectivity index (χ1) is 6.94. The standard InChI is InChI=1S/C9H16O6/c1-9(2)14-6-5(4(11)3-10)13-8(12)7(6)15-9/h4-8,10-12H,3H2,1-2H3/t4-,5-,6+,7+,8-/m0/s1. The Kier molecular flexibility index (Phi) is 2.74. The van der Waals surface area contributed by atoms with Crippen molar-refractivity contribution >= 4 is 0 Å². The van der Waals surface area contributed by atoms with Crippen LogP contribution in [0.1, 0.15) is 13.8 Å². The van der Waals surface area contributed by atoms with Crippen molar-refractivity contribution in [1.29, 1.82) is 0 Å². The molecular formula is C9H16O6. The fourth-order valence-electron chi connectivity index (χ4n) is 2.02. The largest absolute Gasteiger partial charge is 0.394 e. The van der Waals surface area contributed by atoms with Crippen molar-refractivity contribution in [2.75, 3.05) is 6.61 Å². The lowest BCUT2D eigenvalue weighted by molar-refractivity contribution is -0.231. The van der Waals surface area contributed by atoms with Crippen LogP contribution in [0.15, 0.2) is 0 Å². The fourth-order valence-corrected chi connectivity index (χ4v) is 2.02. The monoisotopic (exact) mass is 220 g/mol. The minimum Gasteiger partial charge on any atom is -0.394 e. The van der Waals surface area contributed by atoms with Gasteiger partial charge in [0, 0.05) is 0 Å². The van der Waals surface area contributed by atoms with Gasteiger partial charge in [-0.3, -0.25) is 0 Å². The summed E-state index contributed by atoms with van der Waals surface area (Å²) in [4.78, 5) is 0. The molecule has 6 heteroatoms. The Morgan fingerprint density at radius 3 is 2.47 bits per heavy atom. The molecule has 0 bridgehead atoms. The second-order valence-corrected chi connectivity index (χ2v) is 4.31. The molecule has 0 unspecified atom stereocenters. The van der Waals surface area contributed by atoms with E-state index in [0.29, 0.717) is 0 Å². The van der Waals surface area contributed by atoms with Gasteiger partial charge in [-0.15, -0.1) is 0 Å². The number of hydrogen-bond donors (Lipinski definition) is 3. The van der Waals surface area contributed by atoms with Gasteiger partial charge in [0.25, 0.3) is 0 Å². The molecule has 0 amide bonds. The molecule has 2 aliphatic heterocycles. The van der Waals surface area contributed by atoms with Gasteiger partial charge in [-0.1, -0.05) is 0 Å². The quantitative estimate of drug-likeness (QED) is 0.529. The summed E-state index contributed by atoms with van der Waals surface area (Å²) >= 11 is 0. The molecule has 2 saturated heterocycles. The van der Waals surface area contributed by atoms with Gasteiger partial charge < -0.3 is 29.5 Å². The molecule has 0 aromatic heterocycles. The Labute approximate surface area is 87.4 Å². The van der Waals surface area contributed by atoms with Crippen LogP contribution in [0.25, 0.3) is 0 Å². The van der Waals surface area contributed by atoms with Crippen LogP contribution >= 0.6 is 0 Å². The van der Waals surface area contributed by atoms with Crippen molar-refractivity contribution in [2.24, 2.45) is 0 Å². The lowest BCUT2D eigenvalue weighted by Crippen LogP contribution is -2.40. The lowest BCUT2D eigenvalue weighted by Gasteiger charge is -2.24. The second-order valence-electron chi connectivity index (χ2n) is 4.31. The maximum atomic E-state index is 9.53. The molecule has 0 spiro atoms. The molecule has 2 fully saturated rings. The molecule has 5 atom stereocenters. The Hall–Kier alpha value is -0.240. The summed E-state index contributed by atoms with van der Waals surface area (Å²) in [7, 11) is 0. The number of rotatable bonds is 2. The predicted molar refractivity (Wildman–Crippen MR) is 47.8 cm³/mol. The number of aliphatic hydroxyl groups is 3. The first-order valence-electron chi connectivity index (χ1n) is 4.93. The third-order valence-corrected chi connectivity index (χ3v) is 2.63. The maximum Gasteiger partial charge on any atom is 0.184 e. The van der Waals surface area contributed by atoms with Crippen molar-refractivity contribution in [1.82, 2.24) is 0 Å². The second kappa shape index (κ2) is 3.65. The first-order valence-corrected chi connectivity index (χ1v) is 4.93. The topological polar surface area (TPSA) is 88.4 Å². The molecule has 88 valence electrons. The smallest absolute Gasteiger partial charge is 0.184 e. The number of aliphatic hydroxyl groups excluding tert-OH is 3. The zero-order valence-corrected chi connectivity index (χ0v) is 8.66. The van der Waals surface area contributed by atoms with E-state index in [2.05, 4.69) is 0 Å². The zero-order valence-electron chi connectivity index (χ0n) is 8.66. The molecule has 2 heterocycles. The lowest BCUT2D eigenvalue weighted by atomic mass is 10.1. The van der Waals surface area contributed by atoms with Crippen molar-refractivity contribution in [3.63, 3.8) is 0 Å². The van der Waals surface area contributed by atoms with Gasteiger partial charge in [-0.2, -0.15) is 0 Å². The summed E-state index contributed by atoms with van der Waals surface area (Å²) in [6.45, 7) is 3.01. The molecule has 0 aliphatic carbocycles. The Morgan fingerprint density at radius 2 is 1.87 bits per heavy atom. The molecule has 3 N–H and O–H groups in total. The first kappa shape index (κ1) is 11.3. The molecule has 0 radical (unpaired) electrons. The van der Waals surface area contributed by atoms with Crippen molar-refractivity contribution in [2.45, 2.75) is 50.3 Å². The highest BCUT2D eigenvalue weighted by Gasteiger charge is 2.56. The molecule has 15 heavy (non-hydrogen) atoms. The average Bonchev–Trinajstić information content (AvgIpc) is 2.61. The van der Waals surface area contributed by atoms with Gasteiger partial charge in [-0.25, -0.2) is 0 Å². The highest BCUT2D eigenvalue weighted by molar-refractivity contribution is 4.97. The number of fused-ring (bicyclic) bond motifs is 1. The maximum absolute atomic E-state index is 9.53. The minimum absolute atomic E-state index is 0.440. The van der Waals surface area contributed by atoms with Crippen LogP contribution in [0, 0.1) is 0 Å². The fraction of sp³-hybridized carbons (Fsp3) is 1.00. The highest BCUT2D eigenvalue weighted by atomic mass is 16.8. The van der Waals surface area contributed by atoms with Gasteiger partial charge in [0.05, 0.1) is 6.61 Å². The molecule has 2 rings (SSSR count). The average molecular weight is 220 g/mol. The van der Waals surface area contributed by atoms with Gasteiger partial charge >= 0.3 is 0 Å².